The maximum absolute atomic E-state index is 8.68. The second kappa shape index (κ2) is 6.57. The van der Waals surface area contributed by atoms with E-state index >= 15 is 0 Å². The number of benzene rings is 2. The first kappa shape index (κ1) is 15.7. The number of piperazine rings is 1. The molecule has 0 amide bonds. The summed E-state index contributed by atoms with van der Waals surface area (Å²) in [5.74, 6) is 0. The summed E-state index contributed by atoms with van der Waals surface area (Å²) >= 11 is 0. The Morgan fingerprint density at radius 3 is 2.64 bits per heavy atom. The van der Waals surface area contributed by atoms with Crippen molar-refractivity contribution in [2.75, 3.05) is 38.1 Å². The Morgan fingerprint density at radius 2 is 1.84 bits per heavy atom. The summed E-state index contributed by atoms with van der Waals surface area (Å²) in [6, 6.07) is 14.4. The van der Waals surface area contributed by atoms with Crippen molar-refractivity contribution in [2.45, 2.75) is 0 Å². The Labute approximate surface area is 146 Å². The van der Waals surface area contributed by atoms with Crippen LogP contribution in [-0.2, 0) is 0 Å². The van der Waals surface area contributed by atoms with Crippen molar-refractivity contribution in [3.05, 3.63) is 54.4 Å². The van der Waals surface area contributed by atoms with Crippen LogP contribution in [0.5, 0.6) is 0 Å². The number of hydrogen-bond acceptors (Lipinski definition) is 5. The van der Waals surface area contributed by atoms with Crippen LogP contribution < -0.4 is 4.90 Å². The van der Waals surface area contributed by atoms with Gasteiger partial charge in [-0.25, -0.2) is 4.98 Å². The van der Waals surface area contributed by atoms with E-state index in [1.165, 1.54) is 11.9 Å². The van der Waals surface area contributed by atoms with Crippen LogP contribution in [0.15, 0.2) is 53.9 Å². The van der Waals surface area contributed by atoms with Crippen LogP contribution >= 0.6 is 0 Å². The molecule has 2 heterocycles. The van der Waals surface area contributed by atoms with Gasteiger partial charge in [0.2, 0.25) is 0 Å². The maximum Gasteiger partial charge on any atom is 0.100 e. The monoisotopic (exact) mass is 335 g/mol. The molecule has 0 atom stereocenters. The third kappa shape index (κ3) is 3.08. The lowest BCUT2D eigenvalue weighted by molar-refractivity contribution is 0.313. The predicted octanol–water partition coefficient (Wildman–Crippen LogP) is 2.59. The number of aromatic nitrogens is 2. The van der Waals surface area contributed by atoms with Crippen LogP contribution in [0.25, 0.3) is 16.7 Å². The molecule has 1 saturated heterocycles. The average molecular weight is 335 g/mol. The van der Waals surface area contributed by atoms with E-state index in [1.807, 2.05) is 24.5 Å². The number of imidazole rings is 1. The van der Waals surface area contributed by atoms with Crippen LogP contribution in [0.2, 0.25) is 0 Å². The third-order valence-electron chi connectivity index (χ3n) is 4.75. The molecule has 25 heavy (non-hydrogen) atoms. The van der Waals surface area contributed by atoms with Gasteiger partial charge >= 0.3 is 0 Å². The molecule has 1 aliphatic heterocycles. The number of fused-ring (bicyclic) bond motifs is 1. The molecule has 4 rings (SSSR count). The van der Waals surface area contributed by atoms with Crippen molar-refractivity contribution >= 4 is 22.9 Å². The fourth-order valence-electron chi connectivity index (χ4n) is 3.29. The van der Waals surface area contributed by atoms with Gasteiger partial charge in [0, 0.05) is 37.6 Å². The minimum atomic E-state index is 0.825. The lowest BCUT2D eigenvalue weighted by atomic mass is 10.2. The van der Waals surface area contributed by atoms with E-state index in [1.54, 1.807) is 0 Å². The molecule has 0 radical (unpaired) electrons. The fourth-order valence-corrected chi connectivity index (χ4v) is 3.29. The number of hydrogen-bond donors (Lipinski definition) is 1. The van der Waals surface area contributed by atoms with E-state index in [0.29, 0.717) is 0 Å². The summed E-state index contributed by atoms with van der Waals surface area (Å²) in [5, 5.41) is 11.8. The predicted molar refractivity (Wildman–Crippen MR) is 100 cm³/mol. The minimum Gasteiger partial charge on any atom is -0.411 e. The first-order chi connectivity index (χ1) is 12.2. The van der Waals surface area contributed by atoms with Gasteiger partial charge in [0.1, 0.15) is 6.33 Å². The van der Waals surface area contributed by atoms with Crippen molar-refractivity contribution in [1.82, 2.24) is 14.5 Å². The van der Waals surface area contributed by atoms with Crippen LogP contribution in [0.3, 0.4) is 0 Å². The number of oxime groups is 1. The summed E-state index contributed by atoms with van der Waals surface area (Å²) < 4.78 is 2.09. The highest BCUT2D eigenvalue weighted by Crippen LogP contribution is 2.24. The Morgan fingerprint density at radius 1 is 1.04 bits per heavy atom. The molecule has 0 bridgehead atoms. The Kier molecular flexibility index (Phi) is 4.11. The van der Waals surface area contributed by atoms with E-state index in [0.717, 1.165) is 48.5 Å². The summed E-state index contributed by atoms with van der Waals surface area (Å²) in [6.07, 6.45) is 3.25. The summed E-state index contributed by atoms with van der Waals surface area (Å²) in [7, 11) is 2.17. The van der Waals surface area contributed by atoms with Crippen LogP contribution in [0, 0.1) is 0 Å². The zero-order chi connectivity index (χ0) is 17.2. The highest BCUT2D eigenvalue weighted by atomic mass is 16.4. The number of anilines is 1. The van der Waals surface area contributed by atoms with Crippen molar-refractivity contribution in [2.24, 2.45) is 5.16 Å². The average Bonchev–Trinajstić information content (AvgIpc) is 3.06. The molecular weight excluding hydrogens is 314 g/mol. The SMILES string of the molecule is CN1CCN(c2cccc(-n3cnc4cc(C=NO)ccc43)c2)CC1. The van der Waals surface area contributed by atoms with E-state index in [2.05, 4.69) is 55.8 Å². The minimum absolute atomic E-state index is 0.825. The molecule has 6 nitrogen and oxygen atoms in total. The number of nitrogens with zero attached hydrogens (tertiary/aromatic N) is 5. The van der Waals surface area contributed by atoms with Gasteiger partial charge in [0.15, 0.2) is 0 Å². The van der Waals surface area contributed by atoms with Crippen LogP contribution in [0.1, 0.15) is 5.56 Å². The van der Waals surface area contributed by atoms with Gasteiger partial charge in [0.05, 0.1) is 17.2 Å². The van der Waals surface area contributed by atoms with Crippen LogP contribution in [-0.4, -0.2) is 59.1 Å². The fraction of sp³-hybridized carbons (Fsp3) is 0.263. The lowest BCUT2D eigenvalue weighted by Crippen LogP contribution is -2.44. The second-order valence-corrected chi connectivity index (χ2v) is 6.42. The molecule has 6 heteroatoms. The molecule has 2 aromatic carbocycles. The van der Waals surface area contributed by atoms with E-state index in [9.17, 15) is 0 Å². The van der Waals surface area contributed by atoms with Crippen molar-refractivity contribution < 1.29 is 5.21 Å². The van der Waals surface area contributed by atoms with Crippen molar-refractivity contribution in [1.29, 1.82) is 0 Å². The Balaban J connectivity index is 1.68. The normalized spacial score (nSPS) is 16.1. The molecular formula is C19H21N5O. The quantitative estimate of drug-likeness (QED) is 0.454. The van der Waals surface area contributed by atoms with Crippen molar-refractivity contribution in [3.63, 3.8) is 0 Å². The highest BCUT2D eigenvalue weighted by molar-refractivity contribution is 5.87. The second-order valence-electron chi connectivity index (χ2n) is 6.42. The van der Waals surface area contributed by atoms with Gasteiger partial charge in [-0.3, -0.25) is 4.57 Å². The molecule has 128 valence electrons. The first-order valence-corrected chi connectivity index (χ1v) is 8.43. The van der Waals surface area contributed by atoms with Gasteiger partial charge < -0.3 is 15.0 Å². The topological polar surface area (TPSA) is 56.9 Å². The molecule has 1 N–H and O–H groups in total. The molecule has 0 saturated carbocycles. The van der Waals surface area contributed by atoms with Gasteiger partial charge in [-0.05, 0) is 42.9 Å². The van der Waals surface area contributed by atoms with E-state index < -0.39 is 0 Å². The summed E-state index contributed by atoms with van der Waals surface area (Å²) in [6.45, 7) is 4.28. The highest BCUT2D eigenvalue weighted by Gasteiger charge is 2.15. The number of likely N-dealkylation sites (N-methyl/N-ethyl adjacent to an activating group) is 1. The van der Waals surface area contributed by atoms with E-state index in [4.69, 9.17) is 5.21 Å². The van der Waals surface area contributed by atoms with E-state index in [-0.39, 0.29) is 0 Å². The third-order valence-corrected chi connectivity index (χ3v) is 4.75. The zero-order valence-corrected chi connectivity index (χ0v) is 14.2. The first-order valence-electron chi connectivity index (χ1n) is 8.43. The smallest absolute Gasteiger partial charge is 0.100 e. The largest absolute Gasteiger partial charge is 0.411 e. The Bertz CT molecular complexity index is 909. The van der Waals surface area contributed by atoms with Crippen LogP contribution in [0.4, 0.5) is 5.69 Å². The van der Waals surface area contributed by atoms with Gasteiger partial charge in [-0.15, -0.1) is 0 Å². The standard InChI is InChI=1S/C19H21N5O/c1-22-7-9-23(10-8-22)16-3-2-4-17(12-16)24-14-20-18-11-15(13-21-25)5-6-19(18)24/h2-6,11-14,25H,7-10H2,1H3. The zero-order valence-electron chi connectivity index (χ0n) is 14.2. The lowest BCUT2D eigenvalue weighted by Gasteiger charge is -2.34. The molecule has 0 spiro atoms. The molecule has 3 aromatic rings. The Hall–Kier alpha value is -2.86. The maximum atomic E-state index is 8.68. The molecule has 0 aliphatic carbocycles. The molecule has 1 aliphatic rings. The van der Waals surface area contributed by atoms with Crippen molar-refractivity contribution in [3.8, 4) is 5.69 Å². The molecule has 1 fully saturated rings. The van der Waals surface area contributed by atoms with Gasteiger partial charge in [-0.1, -0.05) is 17.3 Å². The van der Waals surface area contributed by atoms with Gasteiger partial charge in [0.25, 0.3) is 0 Å². The summed E-state index contributed by atoms with van der Waals surface area (Å²) in [5.41, 5.74) is 5.08. The molecule has 0 unspecified atom stereocenters. The van der Waals surface area contributed by atoms with Gasteiger partial charge in [-0.2, -0.15) is 0 Å². The summed E-state index contributed by atoms with van der Waals surface area (Å²) in [4.78, 5) is 9.28. The molecule has 1 aromatic heterocycles. The number of rotatable bonds is 3.